The minimum absolute atomic E-state index is 0.0717. The fraction of sp³-hybridized carbons (Fsp3) is 0.143. The molecule has 0 amide bonds. The van der Waals surface area contributed by atoms with Crippen LogP contribution in [0.4, 0.5) is 17.6 Å². The first-order valence-corrected chi connectivity index (χ1v) is 10.1. The fourth-order valence-electron chi connectivity index (χ4n) is 2.91. The number of sulfone groups is 1. The van der Waals surface area contributed by atoms with E-state index in [-0.39, 0.29) is 10.5 Å². The zero-order valence-corrected chi connectivity index (χ0v) is 15.8. The first kappa shape index (κ1) is 20.1. The van der Waals surface area contributed by atoms with Crippen molar-refractivity contribution < 1.29 is 26.0 Å². The maximum atomic E-state index is 13.6. The Morgan fingerprint density at radius 3 is 1.93 bits per heavy atom. The van der Waals surface area contributed by atoms with Crippen molar-refractivity contribution in [1.82, 2.24) is 0 Å². The van der Waals surface area contributed by atoms with Crippen molar-refractivity contribution in [3.63, 3.8) is 0 Å². The summed E-state index contributed by atoms with van der Waals surface area (Å²) in [4.78, 5) is 0.0717. The molecule has 0 aliphatic heterocycles. The Morgan fingerprint density at radius 2 is 1.39 bits per heavy atom. The van der Waals surface area contributed by atoms with Crippen LogP contribution in [0.2, 0.25) is 0 Å². The molecule has 0 aromatic heterocycles. The van der Waals surface area contributed by atoms with Crippen molar-refractivity contribution in [2.45, 2.75) is 18.0 Å². The molecule has 3 aromatic rings. The highest BCUT2D eigenvalue weighted by molar-refractivity contribution is 7.90. The first-order chi connectivity index (χ1) is 13.0. The van der Waals surface area contributed by atoms with Gasteiger partial charge in [0.1, 0.15) is 5.82 Å². The van der Waals surface area contributed by atoms with E-state index >= 15 is 0 Å². The maximum absolute atomic E-state index is 13.6. The Bertz CT molecular complexity index is 1130. The van der Waals surface area contributed by atoms with Crippen molar-refractivity contribution in [2.24, 2.45) is 0 Å². The molecule has 0 unspecified atom stereocenters. The summed E-state index contributed by atoms with van der Waals surface area (Å²) in [5.41, 5.74) is 1.31. The zero-order valence-electron chi connectivity index (χ0n) is 15.0. The molecule has 0 heterocycles. The Labute approximate surface area is 160 Å². The second-order valence-electron chi connectivity index (χ2n) is 6.52. The van der Waals surface area contributed by atoms with Crippen LogP contribution in [0.5, 0.6) is 0 Å². The minimum Gasteiger partial charge on any atom is -0.224 e. The SMILES string of the molecule is Cc1cc(-c2ccc(C(F)(F)F)cc2-c2ccc(S(C)(=O)=O)cc2)ccc1F. The zero-order chi connectivity index (χ0) is 20.7. The van der Waals surface area contributed by atoms with Crippen LogP contribution in [-0.2, 0) is 16.0 Å². The third-order valence-corrected chi connectivity index (χ3v) is 5.54. The van der Waals surface area contributed by atoms with Gasteiger partial charge in [0.15, 0.2) is 9.84 Å². The standard InChI is InChI=1S/C21H16F4O2S/c1-13-11-15(5-10-20(13)22)18-9-6-16(21(23,24)25)12-19(18)14-3-7-17(8-4-14)28(2,26)27/h3-12H,1-2H3. The second kappa shape index (κ2) is 7.05. The summed E-state index contributed by atoms with van der Waals surface area (Å²) in [6, 6.07) is 13.3. The normalized spacial score (nSPS) is 12.2. The van der Waals surface area contributed by atoms with Crippen molar-refractivity contribution in [2.75, 3.05) is 6.26 Å². The molecule has 0 radical (unpaired) electrons. The van der Waals surface area contributed by atoms with Crippen LogP contribution >= 0.6 is 0 Å². The van der Waals surface area contributed by atoms with E-state index in [4.69, 9.17) is 0 Å². The molecule has 146 valence electrons. The van der Waals surface area contributed by atoms with E-state index in [9.17, 15) is 26.0 Å². The van der Waals surface area contributed by atoms with Crippen molar-refractivity contribution >= 4 is 9.84 Å². The summed E-state index contributed by atoms with van der Waals surface area (Å²) >= 11 is 0. The van der Waals surface area contributed by atoms with Gasteiger partial charge < -0.3 is 0 Å². The Hall–Kier alpha value is -2.67. The van der Waals surface area contributed by atoms with Gasteiger partial charge in [-0.3, -0.25) is 0 Å². The smallest absolute Gasteiger partial charge is 0.224 e. The van der Waals surface area contributed by atoms with Crippen molar-refractivity contribution in [1.29, 1.82) is 0 Å². The van der Waals surface area contributed by atoms with Gasteiger partial charge in [0, 0.05) is 6.26 Å². The molecule has 0 atom stereocenters. The third kappa shape index (κ3) is 4.09. The van der Waals surface area contributed by atoms with Gasteiger partial charge in [0.25, 0.3) is 0 Å². The quantitative estimate of drug-likeness (QED) is 0.507. The number of halogens is 4. The lowest BCUT2D eigenvalue weighted by Crippen LogP contribution is -2.05. The number of hydrogen-bond donors (Lipinski definition) is 0. The highest BCUT2D eigenvalue weighted by Gasteiger charge is 2.31. The lowest BCUT2D eigenvalue weighted by Gasteiger charge is -2.15. The number of hydrogen-bond acceptors (Lipinski definition) is 2. The molecule has 0 N–H and O–H groups in total. The van der Waals surface area contributed by atoms with E-state index in [0.717, 1.165) is 18.4 Å². The minimum atomic E-state index is -4.53. The average Bonchev–Trinajstić information content (AvgIpc) is 2.62. The van der Waals surface area contributed by atoms with Gasteiger partial charge in [-0.1, -0.05) is 24.3 Å². The highest BCUT2D eigenvalue weighted by atomic mass is 32.2. The number of alkyl halides is 3. The molecule has 7 heteroatoms. The molecular weight excluding hydrogens is 392 g/mol. The van der Waals surface area contributed by atoms with Gasteiger partial charge in [-0.05, 0) is 71.1 Å². The van der Waals surface area contributed by atoms with E-state index < -0.39 is 27.4 Å². The van der Waals surface area contributed by atoms with E-state index in [0.29, 0.717) is 22.3 Å². The first-order valence-electron chi connectivity index (χ1n) is 8.25. The average molecular weight is 408 g/mol. The summed E-state index contributed by atoms with van der Waals surface area (Å²) in [6.45, 7) is 1.57. The predicted octanol–water partition coefficient (Wildman–Crippen LogP) is 5.89. The molecular formula is C21H16F4O2S. The molecule has 3 aromatic carbocycles. The van der Waals surface area contributed by atoms with Crippen LogP contribution in [0.25, 0.3) is 22.3 Å². The molecule has 0 spiro atoms. The lowest BCUT2D eigenvalue weighted by atomic mass is 9.92. The third-order valence-electron chi connectivity index (χ3n) is 4.41. The number of rotatable bonds is 3. The van der Waals surface area contributed by atoms with E-state index in [1.165, 1.54) is 42.5 Å². The molecule has 0 aliphatic rings. The van der Waals surface area contributed by atoms with Gasteiger partial charge in [-0.25, -0.2) is 12.8 Å². The van der Waals surface area contributed by atoms with Crippen molar-refractivity contribution in [3.05, 3.63) is 77.6 Å². The summed E-state index contributed by atoms with van der Waals surface area (Å²) < 4.78 is 76.6. The summed E-state index contributed by atoms with van der Waals surface area (Å²) in [6.07, 6.45) is -3.47. The Balaban J connectivity index is 2.22. The van der Waals surface area contributed by atoms with Crippen LogP contribution in [0.1, 0.15) is 11.1 Å². The molecule has 3 rings (SSSR count). The van der Waals surface area contributed by atoms with Crippen LogP contribution in [-0.4, -0.2) is 14.7 Å². The Kier molecular flexibility index (Phi) is 5.06. The van der Waals surface area contributed by atoms with Crippen LogP contribution in [0.15, 0.2) is 65.6 Å². The van der Waals surface area contributed by atoms with Gasteiger partial charge in [-0.2, -0.15) is 13.2 Å². The van der Waals surface area contributed by atoms with Crippen LogP contribution < -0.4 is 0 Å². The number of benzene rings is 3. The van der Waals surface area contributed by atoms with E-state index in [1.54, 1.807) is 13.0 Å². The molecule has 0 fully saturated rings. The lowest BCUT2D eigenvalue weighted by molar-refractivity contribution is -0.137. The topological polar surface area (TPSA) is 34.1 Å². The van der Waals surface area contributed by atoms with E-state index in [2.05, 4.69) is 0 Å². The monoisotopic (exact) mass is 408 g/mol. The highest BCUT2D eigenvalue weighted by Crippen LogP contribution is 2.38. The molecule has 28 heavy (non-hydrogen) atoms. The summed E-state index contributed by atoms with van der Waals surface area (Å²) in [7, 11) is -3.43. The van der Waals surface area contributed by atoms with Crippen LogP contribution in [0, 0.1) is 12.7 Å². The molecule has 0 saturated carbocycles. The summed E-state index contributed by atoms with van der Waals surface area (Å²) in [5, 5.41) is 0. The fourth-order valence-corrected chi connectivity index (χ4v) is 3.54. The van der Waals surface area contributed by atoms with Crippen molar-refractivity contribution in [3.8, 4) is 22.3 Å². The van der Waals surface area contributed by atoms with Gasteiger partial charge in [0.2, 0.25) is 0 Å². The molecule has 0 bridgehead atoms. The predicted molar refractivity (Wildman–Crippen MR) is 100 cm³/mol. The maximum Gasteiger partial charge on any atom is 0.416 e. The molecule has 2 nitrogen and oxygen atoms in total. The summed E-state index contributed by atoms with van der Waals surface area (Å²) in [5.74, 6) is -0.408. The molecule has 0 aliphatic carbocycles. The largest absolute Gasteiger partial charge is 0.416 e. The second-order valence-corrected chi connectivity index (χ2v) is 8.53. The van der Waals surface area contributed by atoms with E-state index in [1.807, 2.05) is 0 Å². The van der Waals surface area contributed by atoms with Crippen LogP contribution in [0.3, 0.4) is 0 Å². The molecule has 0 saturated heterocycles. The number of aryl methyl sites for hydroxylation is 1. The van der Waals surface area contributed by atoms with Gasteiger partial charge in [0.05, 0.1) is 10.5 Å². The van der Waals surface area contributed by atoms with Gasteiger partial charge in [-0.15, -0.1) is 0 Å². The van der Waals surface area contributed by atoms with Gasteiger partial charge >= 0.3 is 6.18 Å². The Morgan fingerprint density at radius 1 is 0.786 bits per heavy atom.